The summed E-state index contributed by atoms with van der Waals surface area (Å²) in [6, 6.07) is 4.19. The predicted molar refractivity (Wildman–Crippen MR) is 111 cm³/mol. The maximum atomic E-state index is 12.8. The van der Waals surface area contributed by atoms with Crippen LogP contribution in [0.1, 0.15) is 44.5 Å². The van der Waals surface area contributed by atoms with E-state index in [0.29, 0.717) is 5.91 Å². The van der Waals surface area contributed by atoms with Crippen molar-refractivity contribution in [3.8, 4) is 10.6 Å². The van der Waals surface area contributed by atoms with E-state index in [-0.39, 0.29) is 5.92 Å². The summed E-state index contributed by atoms with van der Waals surface area (Å²) in [7, 11) is 0. The summed E-state index contributed by atoms with van der Waals surface area (Å²) in [6.45, 7) is 8.84. The maximum absolute atomic E-state index is 12.8. The lowest BCUT2D eigenvalue weighted by atomic mass is 9.96. The van der Waals surface area contributed by atoms with Crippen LogP contribution in [-0.4, -0.2) is 46.9 Å². The Morgan fingerprint density at radius 2 is 1.88 bits per heavy atom. The molecule has 0 aliphatic carbocycles. The molecule has 2 aromatic heterocycles. The standard InChI is InChI=1S/C20H29N3OS2/c1-3-6-16(7-4-2)20(24)23-11-9-22(10-12-23)14-19-21-17(15-26-19)18-8-5-13-25-18/h5,8,13,15-16H,3-4,6-7,9-12,14H2,1-2H3. The Balaban J connectivity index is 1.50. The van der Waals surface area contributed by atoms with Crippen molar-refractivity contribution in [2.75, 3.05) is 26.2 Å². The summed E-state index contributed by atoms with van der Waals surface area (Å²) in [6.07, 6.45) is 4.23. The minimum atomic E-state index is 0.226. The molecule has 6 heteroatoms. The van der Waals surface area contributed by atoms with Crippen molar-refractivity contribution in [2.24, 2.45) is 5.92 Å². The highest BCUT2D eigenvalue weighted by Gasteiger charge is 2.26. The number of thiophene rings is 1. The van der Waals surface area contributed by atoms with Crippen LogP contribution < -0.4 is 0 Å². The Morgan fingerprint density at radius 3 is 2.50 bits per heavy atom. The van der Waals surface area contributed by atoms with Gasteiger partial charge in [0.15, 0.2) is 0 Å². The van der Waals surface area contributed by atoms with Crippen LogP contribution in [0.15, 0.2) is 22.9 Å². The van der Waals surface area contributed by atoms with Crippen LogP contribution in [-0.2, 0) is 11.3 Å². The Hall–Kier alpha value is -1.24. The van der Waals surface area contributed by atoms with Crippen molar-refractivity contribution >= 4 is 28.6 Å². The molecule has 1 saturated heterocycles. The van der Waals surface area contributed by atoms with Crippen LogP contribution in [0.2, 0.25) is 0 Å². The van der Waals surface area contributed by atoms with Gasteiger partial charge in [0.25, 0.3) is 0 Å². The highest BCUT2D eigenvalue weighted by molar-refractivity contribution is 7.14. The molecule has 0 unspecified atom stereocenters. The monoisotopic (exact) mass is 391 g/mol. The fourth-order valence-corrected chi connectivity index (χ4v) is 5.18. The summed E-state index contributed by atoms with van der Waals surface area (Å²) in [4.78, 5) is 23.3. The highest BCUT2D eigenvalue weighted by atomic mass is 32.1. The minimum absolute atomic E-state index is 0.226. The molecule has 1 amide bonds. The molecule has 0 bridgehead atoms. The molecule has 2 aromatic rings. The second-order valence-corrected chi connectivity index (χ2v) is 8.87. The maximum Gasteiger partial charge on any atom is 0.225 e. The summed E-state index contributed by atoms with van der Waals surface area (Å²) < 4.78 is 0. The molecule has 4 nitrogen and oxygen atoms in total. The lowest BCUT2D eigenvalue weighted by Crippen LogP contribution is -2.50. The van der Waals surface area contributed by atoms with E-state index in [0.717, 1.165) is 64.1 Å². The first kappa shape index (κ1) is 19.5. The lowest BCUT2D eigenvalue weighted by molar-refractivity contribution is -0.137. The second kappa shape index (κ2) is 9.62. The van der Waals surface area contributed by atoms with Crippen molar-refractivity contribution in [3.05, 3.63) is 27.9 Å². The topological polar surface area (TPSA) is 36.4 Å². The van der Waals surface area contributed by atoms with Gasteiger partial charge in [0, 0.05) is 37.5 Å². The first-order valence-electron chi connectivity index (χ1n) is 9.70. The van der Waals surface area contributed by atoms with Gasteiger partial charge in [-0.15, -0.1) is 22.7 Å². The van der Waals surface area contributed by atoms with Gasteiger partial charge < -0.3 is 4.90 Å². The largest absolute Gasteiger partial charge is 0.340 e. The number of carbonyl (C=O) groups excluding carboxylic acids is 1. The summed E-state index contributed by atoms with van der Waals surface area (Å²) in [5.41, 5.74) is 1.09. The molecule has 0 N–H and O–H groups in total. The fourth-order valence-electron chi connectivity index (χ4n) is 3.59. The number of hydrogen-bond donors (Lipinski definition) is 0. The minimum Gasteiger partial charge on any atom is -0.340 e. The third-order valence-electron chi connectivity index (χ3n) is 4.99. The van der Waals surface area contributed by atoms with Crippen molar-refractivity contribution < 1.29 is 4.79 Å². The molecular weight excluding hydrogens is 362 g/mol. The number of hydrogen-bond acceptors (Lipinski definition) is 5. The number of carbonyl (C=O) groups is 1. The second-order valence-electron chi connectivity index (χ2n) is 6.98. The van der Waals surface area contributed by atoms with E-state index >= 15 is 0 Å². The summed E-state index contributed by atoms with van der Waals surface area (Å²) in [5.74, 6) is 0.603. The van der Waals surface area contributed by atoms with E-state index in [4.69, 9.17) is 4.98 Å². The van der Waals surface area contributed by atoms with E-state index < -0.39 is 0 Å². The molecular formula is C20H29N3OS2. The summed E-state index contributed by atoms with van der Waals surface area (Å²) in [5, 5.41) is 5.42. The first-order chi connectivity index (χ1) is 12.7. The van der Waals surface area contributed by atoms with Crippen molar-refractivity contribution in [2.45, 2.75) is 46.1 Å². The van der Waals surface area contributed by atoms with E-state index in [1.54, 1.807) is 22.7 Å². The van der Waals surface area contributed by atoms with Gasteiger partial charge in [0.1, 0.15) is 5.01 Å². The number of piperazine rings is 1. The molecule has 142 valence electrons. The van der Waals surface area contributed by atoms with Gasteiger partial charge in [-0.25, -0.2) is 4.98 Å². The number of amides is 1. The molecule has 3 heterocycles. The number of aromatic nitrogens is 1. The van der Waals surface area contributed by atoms with Gasteiger partial charge in [-0.2, -0.15) is 0 Å². The number of thiazole rings is 1. The van der Waals surface area contributed by atoms with Gasteiger partial charge in [0.05, 0.1) is 17.1 Å². The molecule has 1 aliphatic heterocycles. The fraction of sp³-hybridized carbons (Fsp3) is 0.600. The van der Waals surface area contributed by atoms with Gasteiger partial charge in [-0.05, 0) is 24.3 Å². The molecule has 0 aromatic carbocycles. The van der Waals surface area contributed by atoms with Gasteiger partial charge in [-0.3, -0.25) is 9.69 Å². The predicted octanol–water partition coefficient (Wildman–Crippen LogP) is 4.73. The van der Waals surface area contributed by atoms with E-state index in [2.05, 4.69) is 46.5 Å². The molecule has 1 aliphatic rings. The molecule has 0 spiro atoms. The van der Waals surface area contributed by atoms with E-state index in [1.165, 1.54) is 9.88 Å². The summed E-state index contributed by atoms with van der Waals surface area (Å²) >= 11 is 3.48. The van der Waals surface area contributed by atoms with E-state index in [1.807, 2.05) is 0 Å². The zero-order valence-corrected chi connectivity index (χ0v) is 17.5. The van der Waals surface area contributed by atoms with Crippen LogP contribution in [0.25, 0.3) is 10.6 Å². The van der Waals surface area contributed by atoms with Crippen molar-refractivity contribution in [1.82, 2.24) is 14.8 Å². The van der Waals surface area contributed by atoms with Crippen LogP contribution >= 0.6 is 22.7 Å². The van der Waals surface area contributed by atoms with Crippen LogP contribution in [0, 0.1) is 5.92 Å². The third-order valence-corrected chi connectivity index (χ3v) is 6.72. The van der Waals surface area contributed by atoms with Crippen LogP contribution in [0.4, 0.5) is 0 Å². The lowest BCUT2D eigenvalue weighted by Gasteiger charge is -2.36. The number of nitrogens with zero attached hydrogens (tertiary/aromatic N) is 3. The molecule has 1 fully saturated rings. The Labute approximate surface area is 164 Å². The third kappa shape index (κ3) is 4.93. The molecule has 0 saturated carbocycles. The molecule has 0 atom stereocenters. The average molecular weight is 392 g/mol. The zero-order valence-electron chi connectivity index (χ0n) is 15.8. The quantitative estimate of drug-likeness (QED) is 0.652. The van der Waals surface area contributed by atoms with E-state index in [9.17, 15) is 4.79 Å². The van der Waals surface area contributed by atoms with Gasteiger partial charge in [-0.1, -0.05) is 32.8 Å². The molecule has 0 radical (unpaired) electrons. The van der Waals surface area contributed by atoms with Gasteiger partial charge >= 0.3 is 0 Å². The Kier molecular flexibility index (Phi) is 7.23. The normalized spacial score (nSPS) is 15.7. The Morgan fingerprint density at radius 1 is 1.15 bits per heavy atom. The van der Waals surface area contributed by atoms with Gasteiger partial charge in [0.2, 0.25) is 5.91 Å². The van der Waals surface area contributed by atoms with Crippen LogP contribution in [0.5, 0.6) is 0 Å². The molecule has 26 heavy (non-hydrogen) atoms. The zero-order chi connectivity index (χ0) is 18.4. The van der Waals surface area contributed by atoms with Crippen molar-refractivity contribution in [3.63, 3.8) is 0 Å². The Bertz CT molecular complexity index is 669. The van der Waals surface area contributed by atoms with Crippen LogP contribution in [0.3, 0.4) is 0 Å². The highest BCUT2D eigenvalue weighted by Crippen LogP contribution is 2.27. The SMILES string of the molecule is CCCC(CCC)C(=O)N1CCN(Cc2nc(-c3cccs3)cs2)CC1. The molecule has 3 rings (SSSR count). The first-order valence-corrected chi connectivity index (χ1v) is 11.5. The smallest absolute Gasteiger partial charge is 0.225 e. The van der Waals surface area contributed by atoms with Crippen molar-refractivity contribution in [1.29, 1.82) is 0 Å². The number of rotatable bonds is 8. The average Bonchev–Trinajstić information content (AvgIpc) is 3.33.